The van der Waals surface area contributed by atoms with Crippen molar-refractivity contribution < 1.29 is 4.79 Å². The molecule has 1 unspecified atom stereocenters. The van der Waals surface area contributed by atoms with E-state index in [1.807, 2.05) is 4.90 Å². The first kappa shape index (κ1) is 14.5. The Kier molecular flexibility index (Phi) is 5.96. The zero-order valence-corrected chi connectivity index (χ0v) is 11.6. The second-order valence-electron chi connectivity index (χ2n) is 5.47. The van der Waals surface area contributed by atoms with Gasteiger partial charge in [-0.3, -0.25) is 4.79 Å². The number of likely N-dealkylation sites (tertiary alicyclic amines) is 1. The number of hydrogen-bond donors (Lipinski definition) is 1. The van der Waals surface area contributed by atoms with E-state index in [0.29, 0.717) is 0 Å². The summed E-state index contributed by atoms with van der Waals surface area (Å²) >= 11 is 0. The molecule has 3 nitrogen and oxygen atoms in total. The molecule has 2 atom stereocenters. The predicted octanol–water partition coefficient (Wildman–Crippen LogP) is 2.40. The maximum Gasteiger partial charge on any atom is 0.239 e. The summed E-state index contributed by atoms with van der Waals surface area (Å²) in [5.41, 5.74) is 6.00. The number of carbonyl (C=O) groups excluding carboxylic acids is 1. The van der Waals surface area contributed by atoms with E-state index in [4.69, 9.17) is 5.73 Å². The lowest BCUT2D eigenvalue weighted by Crippen LogP contribution is -2.49. The zero-order valence-electron chi connectivity index (χ0n) is 11.6. The summed E-state index contributed by atoms with van der Waals surface area (Å²) in [6, 6.07) is -0.303. The van der Waals surface area contributed by atoms with Gasteiger partial charge in [0.05, 0.1) is 6.04 Å². The fraction of sp³-hybridized carbons (Fsp3) is 0.929. The van der Waals surface area contributed by atoms with Gasteiger partial charge in [0.2, 0.25) is 5.91 Å². The van der Waals surface area contributed by atoms with Crippen LogP contribution in [0, 0.1) is 11.8 Å². The highest BCUT2D eigenvalue weighted by molar-refractivity contribution is 5.82. The minimum absolute atomic E-state index is 0.161. The third-order valence-corrected chi connectivity index (χ3v) is 4.17. The highest BCUT2D eigenvalue weighted by Crippen LogP contribution is 2.22. The van der Waals surface area contributed by atoms with E-state index < -0.39 is 0 Å². The summed E-state index contributed by atoms with van der Waals surface area (Å²) in [6.45, 7) is 8.20. The molecular formula is C14H28N2O. The van der Waals surface area contributed by atoms with Crippen molar-refractivity contribution in [3.63, 3.8) is 0 Å². The van der Waals surface area contributed by atoms with Crippen LogP contribution in [0.4, 0.5) is 0 Å². The Hall–Kier alpha value is -0.570. The van der Waals surface area contributed by atoms with Gasteiger partial charge in [0.25, 0.3) is 0 Å². The van der Waals surface area contributed by atoms with Gasteiger partial charge in [0.15, 0.2) is 0 Å². The van der Waals surface area contributed by atoms with Crippen LogP contribution in [-0.2, 0) is 4.79 Å². The topological polar surface area (TPSA) is 46.3 Å². The van der Waals surface area contributed by atoms with E-state index in [-0.39, 0.29) is 17.9 Å². The van der Waals surface area contributed by atoms with Crippen LogP contribution in [0.1, 0.15) is 52.9 Å². The molecule has 17 heavy (non-hydrogen) atoms. The molecule has 1 saturated heterocycles. The van der Waals surface area contributed by atoms with Crippen LogP contribution in [0.5, 0.6) is 0 Å². The summed E-state index contributed by atoms with van der Waals surface area (Å²) in [4.78, 5) is 14.1. The van der Waals surface area contributed by atoms with E-state index in [1.165, 1.54) is 12.8 Å². The molecule has 0 aromatic rings. The predicted molar refractivity (Wildman–Crippen MR) is 71.6 cm³/mol. The Labute approximate surface area is 106 Å². The first-order valence-corrected chi connectivity index (χ1v) is 7.14. The van der Waals surface area contributed by atoms with Crippen LogP contribution in [0.25, 0.3) is 0 Å². The lowest BCUT2D eigenvalue weighted by Gasteiger charge is -2.34. The van der Waals surface area contributed by atoms with Gasteiger partial charge in [-0.1, -0.05) is 40.0 Å². The smallest absolute Gasteiger partial charge is 0.239 e. The summed E-state index contributed by atoms with van der Waals surface area (Å²) in [7, 11) is 0. The Bertz CT molecular complexity index is 234. The van der Waals surface area contributed by atoms with Gasteiger partial charge in [-0.2, -0.15) is 0 Å². The van der Waals surface area contributed by atoms with Crippen molar-refractivity contribution in [2.75, 3.05) is 13.1 Å². The first-order chi connectivity index (χ1) is 8.10. The van der Waals surface area contributed by atoms with Gasteiger partial charge in [-0.15, -0.1) is 0 Å². The number of nitrogens with zero attached hydrogens (tertiary/aromatic N) is 1. The molecule has 2 N–H and O–H groups in total. The quantitative estimate of drug-likeness (QED) is 0.802. The van der Waals surface area contributed by atoms with Crippen LogP contribution >= 0.6 is 0 Å². The van der Waals surface area contributed by atoms with E-state index in [0.717, 1.165) is 38.3 Å². The zero-order chi connectivity index (χ0) is 12.8. The van der Waals surface area contributed by atoms with Crippen molar-refractivity contribution in [3.05, 3.63) is 0 Å². The molecule has 0 spiro atoms. The molecule has 0 aromatic carbocycles. The lowest BCUT2D eigenvalue weighted by atomic mass is 9.91. The highest BCUT2D eigenvalue weighted by atomic mass is 16.2. The van der Waals surface area contributed by atoms with Crippen LogP contribution in [0.15, 0.2) is 0 Å². The summed E-state index contributed by atoms with van der Waals surface area (Å²) in [5.74, 6) is 1.27. The summed E-state index contributed by atoms with van der Waals surface area (Å²) < 4.78 is 0. The Morgan fingerprint density at radius 2 is 1.94 bits per heavy atom. The van der Waals surface area contributed by atoms with Crippen LogP contribution in [-0.4, -0.2) is 29.9 Å². The SMILES string of the molecule is CCCC1CCN(C(=O)[C@@H](N)C(C)CC)CC1. The fourth-order valence-corrected chi connectivity index (χ4v) is 2.56. The first-order valence-electron chi connectivity index (χ1n) is 7.14. The van der Waals surface area contributed by atoms with E-state index in [9.17, 15) is 4.79 Å². The lowest BCUT2D eigenvalue weighted by molar-refractivity contribution is -0.135. The summed E-state index contributed by atoms with van der Waals surface area (Å²) in [6.07, 6.45) is 5.85. The molecule has 100 valence electrons. The number of rotatable bonds is 5. The van der Waals surface area contributed by atoms with Gasteiger partial charge in [-0.25, -0.2) is 0 Å². The van der Waals surface area contributed by atoms with Crippen molar-refractivity contribution in [2.45, 2.75) is 58.9 Å². The second-order valence-corrected chi connectivity index (χ2v) is 5.47. The normalized spacial score (nSPS) is 21.3. The molecule has 1 heterocycles. The molecular weight excluding hydrogens is 212 g/mol. The molecule has 1 amide bonds. The molecule has 1 fully saturated rings. The molecule has 1 rings (SSSR count). The van der Waals surface area contributed by atoms with E-state index in [2.05, 4.69) is 20.8 Å². The second kappa shape index (κ2) is 7.00. The Morgan fingerprint density at radius 1 is 1.35 bits per heavy atom. The third-order valence-electron chi connectivity index (χ3n) is 4.17. The minimum atomic E-state index is -0.303. The van der Waals surface area contributed by atoms with Crippen molar-refractivity contribution in [2.24, 2.45) is 17.6 Å². The van der Waals surface area contributed by atoms with E-state index >= 15 is 0 Å². The maximum atomic E-state index is 12.2. The Balaban J connectivity index is 2.40. The average molecular weight is 240 g/mol. The average Bonchev–Trinajstić information content (AvgIpc) is 2.37. The monoisotopic (exact) mass is 240 g/mol. The van der Waals surface area contributed by atoms with Gasteiger partial charge in [0, 0.05) is 13.1 Å². The molecule has 0 bridgehead atoms. The molecule has 0 aromatic heterocycles. The van der Waals surface area contributed by atoms with Crippen molar-refractivity contribution >= 4 is 5.91 Å². The third kappa shape index (κ3) is 3.98. The molecule has 0 radical (unpaired) electrons. The molecule has 0 aliphatic carbocycles. The standard InChI is InChI=1S/C14H28N2O/c1-4-6-12-7-9-16(10-8-12)14(17)13(15)11(3)5-2/h11-13H,4-10,15H2,1-3H3/t11?,13-/m0/s1. The number of hydrogen-bond acceptors (Lipinski definition) is 2. The Morgan fingerprint density at radius 3 is 2.41 bits per heavy atom. The van der Waals surface area contributed by atoms with Crippen molar-refractivity contribution in [3.8, 4) is 0 Å². The molecule has 3 heteroatoms. The van der Waals surface area contributed by atoms with Crippen LogP contribution < -0.4 is 5.73 Å². The number of nitrogens with two attached hydrogens (primary N) is 1. The van der Waals surface area contributed by atoms with Gasteiger partial charge in [-0.05, 0) is 24.7 Å². The summed E-state index contributed by atoms with van der Waals surface area (Å²) in [5, 5.41) is 0. The van der Waals surface area contributed by atoms with Crippen LogP contribution in [0.3, 0.4) is 0 Å². The molecule has 1 aliphatic heterocycles. The van der Waals surface area contributed by atoms with Crippen LogP contribution in [0.2, 0.25) is 0 Å². The fourth-order valence-electron chi connectivity index (χ4n) is 2.56. The highest BCUT2D eigenvalue weighted by Gasteiger charge is 2.28. The van der Waals surface area contributed by atoms with Gasteiger partial charge < -0.3 is 10.6 Å². The van der Waals surface area contributed by atoms with Gasteiger partial charge in [0.1, 0.15) is 0 Å². The largest absolute Gasteiger partial charge is 0.341 e. The number of amides is 1. The molecule has 0 saturated carbocycles. The number of carbonyl (C=O) groups is 1. The van der Waals surface area contributed by atoms with Gasteiger partial charge >= 0.3 is 0 Å². The van der Waals surface area contributed by atoms with Crippen molar-refractivity contribution in [1.82, 2.24) is 4.90 Å². The molecule has 1 aliphatic rings. The minimum Gasteiger partial charge on any atom is -0.341 e. The number of piperidine rings is 1. The van der Waals surface area contributed by atoms with E-state index in [1.54, 1.807) is 0 Å². The maximum absolute atomic E-state index is 12.2. The van der Waals surface area contributed by atoms with Crippen molar-refractivity contribution in [1.29, 1.82) is 0 Å².